The maximum absolute atomic E-state index is 13.8. The molecule has 3 aromatic rings. The molecule has 2 N–H and O–H groups in total. The van der Waals surface area contributed by atoms with Gasteiger partial charge in [-0.2, -0.15) is 5.10 Å². The van der Waals surface area contributed by atoms with Gasteiger partial charge in [0.05, 0.1) is 12.1 Å². The lowest BCUT2D eigenvalue weighted by Gasteiger charge is -2.10. The molecule has 0 spiro atoms. The highest BCUT2D eigenvalue weighted by Gasteiger charge is 2.25. The topological polar surface area (TPSA) is 41.9 Å². The molecule has 4 nitrogen and oxygen atoms in total. The van der Waals surface area contributed by atoms with E-state index < -0.39 is 41.2 Å². The van der Waals surface area contributed by atoms with Crippen molar-refractivity contribution in [2.45, 2.75) is 19.9 Å². The molecule has 0 bridgehead atoms. The van der Waals surface area contributed by atoms with Crippen LogP contribution >= 0.6 is 12.2 Å². The molecule has 1 heterocycles. The van der Waals surface area contributed by atoms with E-state index in [2.05, 4.69) is 15.7 Å². The van der Waals surface area contributed by atoms with E-state index in [1.54, 1.807) is 0 Å². The summed E-state index contributed by atoms with van der Waals surface area (Å²) >= 11 is 5.18. The third-order valence-electron chi connectivity index (χ3n) is 4.12. The quantitative estimate of drug-likeness (QED) is 0.261. The van der Waals surface area contributed by atoms with E-state index in [9.17, 15) is 22.0 Å². The zero-order chi connectivity index (χ0) is 21.1. The lowest BCUT2D eigenvalue weighted by atomic mass is 10.1. The van der Waals surface area contributed by atoms with E-state index in [-0.39, 0.29) is 10.9 Å². The van der Waals surface area contributed by atoms with Crippen LogP contribution in [0.1, 0.15) is 18.1 Å². The monoisotopic (exact) mass is 426 g/mol. The SMILES string of the molecule is CCc1ccc(NC(=S)Nc2ccn(Cc3c(F)c(F)c(F)c(F)c3F)n2)cc1. The Morgan fingerprint density at radius 2 is 1.48 bits per heavy atom. The second-order valence-electron chi connectivity index (χ2n) is 6.08. The predicted molar refractivity (Wildman–Crippen MR) is 103 cm³/mol. The Labute approximate surface area is 168 Å². The Morgan fingerprint density at radius 3 is 2.07 bits per heavy atom. The van der Waals surface area contributed by atoms with Crippen LogP contribution < -0.4 is 10.6 Å². The van der Waals surface area contributed by atoms with Crippen LogP contribution in [0, 0.1) is 29.1 Å². The van der Waals surface area contributed by atoms with Gasteiger partial charge in [-0.25, -0.2) is 22.0 Å². The molecule has 0 saturated carbocycles. The molecule has 2 aromatic carbocycles. The fourth-order valence-corrected chi connectivity index (χ4v) is 2.79. The van der Waals surface area contributed by atoms with Crippen molar-refractivity contribution in [3.63, 3.8) is 0 Å². The van der Waals surface area contributed by atoms with E-state index in [0.29, 0.717) is 0 Å². The number of nitrogens with zero attached hydrogens (tertiary/aromatic N) is 2. The minimum Gasteiger partial charge on any atom is -0.332 e. The second-order valence-corrected chi connectivity index (χ2v) is 6.48. The summed E-state index contributed by atoms with van der Waals surface area (Å²) in [6.07, 6.45) is 2.22. The first kappa shape index (κ1) is 20.7. The smallest absolute Gasteiger partial charge is 0.200 e. The van der Waals surface area contributed by atoms with Gasteiger partial charge in [0, 0.05) is 18.0 Å². The molecule has 0 aliphatic rings. The van der Waals surface area contributed by atoms with Crippen molar-refractivity contribution in [1.82, 2.24) is 9.78 Å². The molecule has 0 aliphatic carbocycles. The number of nitrogens with one attached hydrogen (secondary N) is 2. The van der Waals surface area contributed by atoms with E-state index in [0.717, 1.165) is 16.8 Å². The van der Waals surface area contributed by atoms with Gasteiger partial charge in [-0.1, -0.05) is 19.1 Å². The van der Waals surface area contributed by atoms with Crippen molar-refractivity contribution in [2.24, 2.45) is 0 Å². The normalized spacial score (nSPS) is 10.8. The van der Waals surface area contributed by atoms with Crippen LogP contribution in [0.5, 0.6) is 0 Å². The van der Waals surface area contributed by atoms with Crippen LogP contribution in [-0.2, 0) is 13.0 Å². The number of hydrogen-bond donors (Lipinski definition) is 2. The molecule has 0 atom stereocenters. The van der Waals surface area contributed by atoms with Crippen LogP contribution in [0.2, 0.25) is 0 Å². The minimum absolute atomic E-state index is 0.218. The zero-order valence-electron chi connectivity index (χ0n) is 15.1. The summed E-state index contributed by atoms with van der Waals surface area (Å²) in [6, 6.07) is 9.05. The molecular weight excluding hydrogens is 411 g/mol. The average Bonchev–Trinajstić information content (AvgIpc) is 3.15. The highest BCUT2D eigenvalue weighted by molar-refractivity contribution is 7.80. The molecule has 1 aromatic heterocycles. The Kier molecular flexibility index (Phi) is 6.12. The highest BCUT2D eigenvalue weighted by Crippen LogP contribution is 2.23. The fraction of sp³-hybridized carbons (Fsp3) is 0.158. The fourth-order valence-electron chi connectivity index (χ4n) is 2.57. The standard InChI is InChI=1S/C19H15F5N4S/c1-2-10-3-5-11(6-4-10)25-19(29)26-13-7-8-28(27-13)9-12-14(20)16(22)18(24)17(23)15(12)21/h3-8H,2,9H2,1H3,(H2,25,26,27,29). The molecule has 0 amide bonds. The third-order valence-corrected chi connectivity index (χ3v) is 4.33. The first-order valence-corrected chi connectivity index (χ1v) is 8.91. The van der Waals surface area contributed by atoms with Crippen LogP contribution in [0.15, 0.2) is 36.5 Å². The number of hydrogen-bond acceptors (Lipinski definition) is 2. The molecule has 0 saturated heterocycles. The molecule has 0 radical (unpaired) electrons. The first-order chi connectivity index (χ1) is 13.8. The van der Waals surface area contributed by atoms with Crippen molar-refractivity contribution in [3.05, 3.63) is 76.7 Å². The molecule has 10 heteroatoms. The van der Waals surface area contributed by atoms with Gasteiger partial charge in [0.25, 0.3) is 0 Å². The average molecular weight is 426 g/mol. The molecule has 3 rings (SSSR count). The summed E-state index contributed by atoms with van der Waals surface area (Å²) in [7, 11) is 0. The lowest BCUT2D eigenvalue weighted by molar-refractivity contribution is 0.367. The van der Waals surface area contributed by atoms with Gasteiger partial charge in [0.1, 0.15) is 0 Å². The number of halogens is 5. The van der Waals surface area contributed by atoms with Gasteiger partial charge in [-0.15, -0.1) is 0 Å². The number of thiocarbonyl (C=S) groups is 1. The summed E-state index contributed by atoms with van der Waals surface area (Å²) in [5, 5.41) is 9.93. The van der Waals surface area contributed by atoms with Gasteiger partial charge in [0.15, 0.2) is 34.2 Å². The summed E-state index contributed by atoms with van der Waals surface area (Å²) in [6.45, 7) is 1.39. The van der Waals surface area contributed by atoms with Gasteiger partial charge in [0.2, 0.25) is 5.82 Å². The molecule has 0 fully saturated rings. The van der Waals surface area contributed by atoms with Crippen molar-refractivity contribution in [1.29, 1.82) is 0 Å². The largest absolute Gasteiger partial charge is 0.332 e. The van der Waals surface area contributed by atoms with Crippen molar-refractivity contribution < 1.29 is 22.0 Å². The Balaban J connectivity index is 1.69. The van der Waals surface area contributed by atoms with Crippen molar-refractivity contribution in [3.8, 4) is 0 Å². The van der Waals surface area contributed by atoms with Crippen LogP contribution in [0.3, 0.4) is 0 Å². The Morgan fingerprint density at radius 1 is 0.897 bits per heavy atom. The molecule has 152 valence electrons. The van der Waals surface area contributed by atoms with Gasteiger partial charge >= 0.3 is 0 Å². The van der Waals surface area contributed by atoms with Crippen molar-refractivity contribution in [2.75, 3.05) is 10.6 Å². The van der Waals surface area contributed by atoms with Crippen molar-refractivity contribution >= 4 is 28.8 Å². The first-order valence-electron chi connectivity index (χ1n) is 8.50. The van der Waals surface area contributed by atoms with E-state index >= 15 is 0 Å². The Hall–Kier alpha value is -3.01. The van der Waals surface area contributed by atoms with Gasteiger partial charge in [-0.3, -0.25) is 4.68 Å². The van der Waals surface area contributed by atoms with Crippen LogP contribution in [0.25, 0.3) is 0 Å². The summed E-state index contributed by atoms with van der Waals surface area (Å²) in [4.78, 5) is 0. The molecule has 29 heavy (non-hydrogen) atoms. The number of aryl methyl sites for hydroxylation is 1. The van der Waals surface area contributed by atoms with Crippen LogP contribution in [0.4, 0.5) is 33.5 Å². The number of rotatable bonds is 5. The van der Waals surface area contributed by atoms with E-state index in [1.807, 2.05) is 31.2 Å². The maximum Gasteiger partial charge on any atom is 0.200 e. The second kappa shape index (κ2) is 8.56. The van der Waals surface area contributed by atoms with Crippen LogP contribution in [-0.4, -0.2) is 14.9 Å². The molecule has 0 aliphatic heterocycles. The maximum atomic E-state index is 13.8. The van der Waals surface area contributed by atoms with Gasteiger partial charge < -0.3 is 10.6 Å². The summed E-state index contributed by atoms with van der Waals surface area (Å²) in [5.41, 5.74) is 0.939. The minimum atomic E-state index is -2.20. The highest BCUT2D eigenvalue weighted by atomic mass is 32.1. The molecule has 0 unspecified atom stereocenters. The zero-order valence-corrected chi connectivity index (χ0v) is 15.9. The summed E-state index contributed by atoms with van der Waals surface area (Å²) in [5.74, 6) is -9.74. The molecular formula is C19H15F5N4S. The van der Waals surface area contributed by atoms with E-state index in [1.165, 1.54) is 17.8 Å². The number of aromatic nitrogens is 2. The Bertz CT molecular complexity index is 1020. The summed E-state index contributed by atoms with van der Waals surface area (Å²) < 4.78 is 68.4. The number of anilines is 2. The lowest BCUT2D eigenvalue weighted by Crippen LogP contribution is -2.19. The van der Waals surface area contributed by atoms with E-state index in [4.69, 9.17) is 12.2 Å². The third kappa shape index (κ3) is 4.53. The van der Waals surface area contributed by atoms with Gasteiger partial charge in [-0.05, 0) is 36.3 Å². The predicted octanol–water partition coefficient (Wildman–Crippen LogP) is 5.00. The number of benzene rings is 2.